The molecular formula is C12H13ClN2OS. The second-order valence-electron chi connectivity index (χ2n) is 3.51. The first-order valence-corrected chi connectivity index (χ1v) is 6.30. The van der Waals surface area contributed by atoms with E-state index in [0.29, 0.717) is 12.2 Å². The lowest BCUT2D eigenvalue weighted by atomic mass is 10.2. The predicted octanol–water partition coefficient (Wildman–Crippen LogP) is 3.60. The zero-order valence-electron chi connectivity index (χ0n) is 9.37. The molecule has 0 atom stereocenters. The van der Waals surface area contributed by atoms with Crippen LogP contribution in [0.2, 0.25) is 4.34 Å². The Bertz CT molecular complexity index is 513. The number of rotatable bonds is 4. The van der Waals surface area contributed by atoms with Gasteiger partial charge in [0, 0.05) is 17.5 Å². The molecule has 0 fully saturated rings. The highest BCUT2D eigenvalue weighted by Gasteiger charge is 2.02. The van der Waals surface area contributed by atoms with Crippen LogP contribution in [-0.4, -0.2) is 7.11 Å². The van der Waals surface area contributed by atoms with Crippen LogP contribution in [0.1, 0.15) is 4.88 Å². The number of methoxy groups -OCH3 is 1. The van der Waals surface area contributed by atoms with Crippen molar-refractivity contribution in [3.8, 4) is 5.75 Å². The maximum absolute atomic E-state index is 5.87. The molecule has 0 saturated heterocycles. The Morgan fingerprint density at radius 3 is 2.82 bits per heavy atom. The molecule has 0 spiro atoms. The summed E-state index contributed by atoms with van der Waals surface area (Å²) in [7, 11) is 1.63. The molecule has 1 aromatic carbocycles. The van der Waals surface area contributed by atoms with Crippen molar-refractivity contribution in [1.29, 1.82) is 0 Å². The summed E-state index contributed by atoms with van der Waals surface area (Å²) in [6, 6.07) is 9.42. The SMILES string of the molecule is COc1ccc(N)c(NCc2ccc(Cl)s2)c1. The lowest BCUT2D eigenvalue weighted by Crippen LogP contribution is -2.01. The molecule has 2 aromatic rings. The summed E-state index contributed by atoms with van der Waals surface area (Å²) in [6.07, 6.45) is 0. The topological polar surface area (TPSA) is 47.3 Å². The van der Waals surface area contributed by atoms with Gasteiger partial charge < -0.3 is 15.8 Å². The van der Waals surface area contributed by atoms with Crippen LogP contribution in [0.15, 0.2) is 30.3 Å². The molecule has 3 nitrogen and oxygen atoms in total. The normalized spacial score (nSPS) is 10.2. The number of anilines is 2. The van der Waals surface area contributed by atoms with E-state index in [0.717, 1.165) is 20.7 Å². The summed E-state index contributed by atoms with van der Waals surface area (Å²) < 4.78 is 5.94. The summed E-state index contributed by atoms with van der Waals surface area (Å²) in [4.78, 5) is 1.16. The van der Waals surface area contributed by atoms with Gasteiger partial charge in [0.05, 0.1) is 22.8 Å². The lowest BCUT2D eigenvalue weighted by molar-refractivity contribution is 0.415. The van der Waals surface area contributed by atoms with E-state index in [4.69, 9.17) is 22.1 Å². The minimum Gasteiger partial charge on any atom is -0.497 e. The third-order valence-electron chi connectivity index (χ3n) is 2.34. The fourth-order valence-corrected chi connectivity index (χ4v) is 2.47. The average Bonchev–Trinajstić information content (AvgIpc) is 2.74. The Hall–Kier alpha value is -1.39. The minimum atomic E-state index is 0.702. The van der Waals surface area contributed by atoms with E-state index in [9.17, 15) is 0 Å². The smallest absolute Gasteiger partial charge is 0.121 e. The number of benzene rings is 1. The first-order chi connectivity index (χ1) is 8.19. The van der Waals surface area contributed by atoms with E-state index in [2.05, 4.69) is 5.32 Å². The van der Waals surface area contributed by atoms with Gasteiger partial charge in [0.2, 0.25) is 0 Å². The number of thiophene rings is 1. The van der Waals surface area contributed by atoms with E-state index < -0.39 is 0 Å². The van der Waals surface area contributed by atoms with Gasteiger partial charge in [-0.25, -0.2) is 0 Å². The molecule has 0 bridgehead atoms. The van der Waals surface area contributed by atoms with Crippen molar-refractivity contribution in [1.82, 2.24) is 0 Å². The Morgan fingerprint density at radius 1 is 1.35 bits per heavy atom. The van der Waals surface area contributed by atoms with E-state index in [1.807, 2.05) is 30.3 Å². The highest BCUT2D eigenvalue weighted by molar-refractivity contribution is 7.16. The molecule has 2 rings (SSSR count). The number of halogens is 1. The van der Waals surface area contributed by atoms with Crippen LogP contribution in [0.25, 0.3) is 0 Å². The zero-order chi connectivity index (χ0) is 12.3. The van der Waals surface area contributed by atoms with Gasteiger partial charge in [0.15, 0.2) is 0 Å². The Labute approximate surface area is 109 Å². The third-order valence-corrected chi connectivity index (χ3v) is 3.57. The fraction of sp³-hybridized carbons (Fsp3) is 0.167. The molecule has 0 saturated carbocycles. The first kappa shape index (κ1) is 12.1. The number of hydrogen-bond donors (Lipinski definition) is 2. The average molecular weight is 269 g/mol. The molecule has 0 aliphatic heterocycles. The molecule has 0 aliphatic carbocycles. The number of hydrogen-bond acceptors (Lipinski definition) is 4. The Balaban J connectivity index is 2.07. The van der Waals surface area contributed by atoms with E-state index in [1.54, 1.807) is 18.4 Å². The standard InChI is InChI=1S/C12H13ClN2OS/c1-16-8-2-4-10(14)11(6-8)15-7-9-3-5-12(13)17-9/h2-6,15H,7,14H2,1H3. The highest BCUT2D eigenvalue weighted by Crippen LogP contribution is 2.26. The minimum absolute atomic E-state index is 0.702. The summed E-state index contributed by atoms with van der Waals surface area (Å²) in [5, 5.41) is 3.26. The van der Waals surface area contributed by atoms with Gasteiger partial charge in [-0.1, -0.05) is 11.6 Å². The maximum Gasteiger partial charge on any atom is 0.121 e. The van der Waals surface area contributed by atoms with Gasteiger partial charge in [-0.2, -0.15) is 0 Å². The fourth-order valence-electron chi connectivity index (χ4n) is 1.44. The van der Waals surface area contributed by atoms with Gasteiger partial charge in [-0.3, -0.25) is 0 Å². The molecule has 1 aromatic heterocycles. The van der Waals surface area contributed by atoms with Gasteiger partial charge in [-0.15, -0.1) is 11.3 Å². The van der Waals surface area contributed by atoms with E-state index in [-0.39, 0.29) is 0 Å². The van der Waals surface area contributed by atoms with Crippen LogP contribution in [0.3, 0.4) is 0 Å². The van der Waals surface area contributed by atoms with E-state index in [1.165, 1.54) is 0 Å². The van der Waals surface area contributed by atoms with Gasteiger partial charge in [0.1, 0.15) is 5.75 Å². The van der Waals surface area contributed by atoms with Crippen LogP contribution < -0.4 is 15.8 Å². The van der Waals surface area contributed by atoms with Crippen LogP contribution in [-0.2, 0) is 6.54 Å². The first-order valence-electron chi connectivity index (χ1n) is 5.10. The molecule has 0 aliphatic rings. The van der Waals surface area contributed by atoms with Crippen molar-refractivity contribution in [3.05, 3.63) is 39.5 Å². The summed E-state index contributed by atoms with van der Waals surface area (Å²) >= 11 is 7.42. The molecule has 0 radical (unpaired) electrons. The highest BCUT2D eigenvalue weighted by atomic mass is 35.5. The number of nitrogens with one attached hydrogen (secondary N) is 1. The van der Waals surface area contributed by atoms with Crippen molar-refractivity contribution in [2.24, 2.45) is 0 Å². The predicted molar refractivity (Wildman–Crippen MR) is 74.1 cm³/mol. The van der Waals surface area contributed by atoms with Gasteiger partial charge >= 0.3 is 0 Å². The Morgan fingerprint density at radius 2 is 2.18 bits per heavy atom. The van der Waals surface area contributed by atoms with Crippen molar-refractivity contribution in [3.63, 3.8) is 0 Å². The molecule has 17 heavy (non-hydrogen) atoms. The van der Waals surface area contributed by atoms with Crippen molar-refractivity contribution < 1.29 is 4.74 Å². The van der Waals surface area contributed by atoms with Crippen molar-refractivity contribution in [2.75, 3.05) is 18.2 Å². The largest absolute Gasteiger partial charge is 0.497 e. The number of nitrogen functional groups attached to an aromatic ring is 1. The summed E-state index contributed by atoms with van der Waals surface area (Å²) in [5.74, 6) is 0.783. The number of nitrogens with two attached hydrogens (primary N) is 1. The third kappa shape index (κ3) is 3.05. The van der Waals surface area contributed by atoms with E-state index >= 15 is 0 Å². The summed E-state index contributed by atoms with van der Waals surface area (Å²) in [5.41, 5.74) is 7.44. The molecule has 1 heterocycles. The van der Waals surface area contributed by atoms with Gasteiger partial charge in [0.25, 0.3) is 0 Å². The number of ether oxygens (including phenoxy) is 1. The molecular weight excluding hydrogens is 256 g/mol. The summed E-state index contributed by atoms with van der Waals surface area (Å²) in [6.45, 7) is 0.703. The second-order valence-corrected chi connectivity index (χ2v) is 5.31. The molecule has 3 N–H and O–H groups in total. The van der Waals surface area contributed by atoms with Gasteiger partial charge in [-0.05, 0) is 24.3 Å². The van der Waals surface area contributed by atoms with Crippen molar-refractivity contribution >= 4 is 34.3 Å². The quantitative estimate of drug-likeness (QED) is 0.833. The molecule has 0 unspecified atom stereocenters. The molecule has 0 amide bonds. The van der Waals surface area contributed by atoms with Crippen LogP contribution >= 0.6 is 22.9 Å². The molecule has 5 heteroatoms. The monoisotopic (exact) mass is 268 g/mol. The van der Waals surface area contributed by atoms with Crippen LogP contribution in [0.5, 0.6) is 5.75 Å². The van der Waals surface area contributed by atoms with Crippen molar-refractivity contribution in [2.45, 2.75) is 6.54 Å². The lowest BCUT2D eigenvalue weighted by Gasteiger charge is -2.10. The maximum atomic E-state index is 5.87. The van der Waals surface area contributed by atoms with Crippen LogP contribution in [0.4, 0.5) is 11.4 Å². The molecule has 90 valence electrons. The van der Waals surface area contributed by atoms with Crippen LogP contribution in [0, 0.1) is 0 Å². The zero-order valence-corrected chi connectivity index (χ0v) is 10.9. The second kappa shape index (κ2) is 5.29. The Kier molecular flexibility index (Phi) is 3.76.